The molecular weight excluding hydrogens is 240 g/mol. The van der Waals surface area contributed by atoms with E-state index in [2.05, 4.69) is 14.9 Å². The zero-order chi connectivity index (χ0) is 13.0. The highest BCUT2D eigenvalue weighted by Gasteiger charge is 2.21. The lowest BCUT2D eigenvalue weighted by Crippen LogP contribution is -2.44. The van der Waals surface area contributed by atoms with E-state index in [1.165, 1.54) is 4.90 Å². The average molecular weight is 256 g/mol. The highest BCUT2D eigenvalue weighted by Crippen LogP contribution is 2.11. The molecule has 0 aromatic carbocycles. The van der Waals surface area contributed by atoms with Crippen LogP contribution >= 0.6 is 11.5 Å². The van der Waals surface area contributed by atoms with Crippen molar-refractivity contribution in [3.63, 3.8) is 0 Å². The Kier molecular flexibility index (Phi) is 4.56. The number of aromatic nitrogens is 2. The summed E-state index contributed by atoms with van der Waals surface area (Å²) in [5, 5.41) is 6.49. The van der Waals surface area contributed by atoms with Gasteiger partial charge in [-0.25, -0.2) is 0 Å². The second kappa shape index (κ2) is 5.72. The van der Waals surface area contributed by atoms with Gasteiger partial charge in [-0.2, -0.15) is 0 Å². The minimum absolute atomic E-state index is 0.145. The van der Waals surface area contributed by atoms with Crippen LogP contribution in [-0.4, -0.2) is 46.4 Å². The molecule has 7 heteroatoms. The fraction of sp³-hybridized carbons (Fsp3) is 0.600. The summed E-state index contributed by atoms with van der Waals surface area (Å²) in [6.45, 7) is 3.56. The quantitative estimate of drug-likeness (QED) is 0.841. The predicted molar refractivity (Wildman–Crippen MR) is 64.9 cm³/mol. The second-order valence-electron chi connectivity index (χ2n) is 3.83. The van der Waals surface area contributed by atoms with Crippen molar-refractivity contribution in [2.45, 2.75) is 26.3 Å². The topological polar surface area (TPSA) is 75.2 Å². The lowest BCUT2D eigenvalue weighted by atomic mass is 10.2. The molecule has 0 fully saturated rings. The molecule has 0 saturated heterocycles. The average Bonchev–Trinajstić information content (AvgIpc) is 2.75. The SMILES string of the molecule is CCc1nnsc1C(=O)N[C@H](C)C(=O)N(C)C. The summed E-state index contributed by atoms with van der Waals surface area (Å²) >= 11 is 1.05. The Hall–Kier alpha value is -1.50. The van der Waals surface area contributed by atoms with Crippen LogP contribution in [0.2, 0.25) is 0 Å². The maximum atomic E-state index is 11.9. The molecule has 0 bridgehead atoms. The molecule has 2 amide bonds. The standard InChI is InChI=1S/C10H16N4O2S/c1-5-7-8(17-13-12-7)9(15)11-6(2)10(16)14(3)4/h6H,5H2,1-4H3,(H,11,15)/t6-/m1/s1. The number of nitrogens with one attached hydrogen (secondary N) is 1. The van der Waals surface area contributed by atoms with E-state index in [1.807, 2.05) is 6.92 Å². The van der Waals surface area contributed by atoms with E-state index in [0.29, 0.717) is 17.0 Å². The van der Waals surface area contributed by atoms with Crippen molar-refractivity contribution in [1.29, 1.82) is 0 Å². The van der Waals surface area contributed by atoms with Gasteiger partial charge < -0.3 is 10.2 Å². The van der Waals surface area contributed by atoms with Gasteiger partial charge in [0.1, 0.15) is 10.9 Å². The molecule has 1 heterocycles. The van der Waals surface area contributed by atoms with Gasteiger partial charge in [-0.15, -0.1) is 5.10 Å². The van der Waals surface area contributed by atoms with Crippen LogP contribution in [0.1, 0.15) is 29.2 Å². The lowest BCUT2D eigenvalue weighted by Gasteiger charge is -2.17. The molecule has 1 N–H and O–H groups in total. The predicted octanol–water partition coefficient (Wildman–Crippen LogP) is 0.307. The monoisotopic (exact) mass is 256 g/mol. The van der Waals surface area contributed by atoms with Crippen molar-refractivity contribution in [3.05, 3.63) is 10.6 Å². The normalized spacial score (nSPS) is 12.0. The molecule has 1 rings (SSSR count). The second-order valence-corrected chi connectivity index (χ2v) is 4.58. The lowest BCUT2D eigenvalue weighted by molar-refractivity contribution is -0.130. The van der Waals surface area contributed by atoms with Gasteiger partial charge >= 0.3 is 0 Å². The number of amides is 2. The van der Waals surface area contributed by atoms with Gasteiger partial charge in [-0.1, -0.05) is 11.4 Å². The number of carbonyl (C=O) groups is 2. The number of likely N-dealkylation sites (N-methyl/N-ethyl adjacent to an activating group) is 1. The Morgan fingerprint density at radius 2 is 2.12 bits per heavy atom. The van der Waals surface area contributed by atoms with E-state index < -0.39 is 6.04 Å². The summed E-state index contributed by atoms with van der Waals surface area (Å²) in [4.78, 5) is 25.4. The zero-order valence-corrected chi connectivity index (χ0v) is 11.2. The first-order valence-electron chi connectivity index (χ1n) is 5.30. The summed E-state index contributed by atoms with van der Waals surface area (Å²) < 4.78 is 3.74. The highest BCUT2D eigenvalue weighted by atomic mass is 32.1. The number of hydrogen-bond acceptors (Lipinski definition) is 5. The summed E-state index contributed by atoms with van der Waals surface area (Å²) in [5.41, 5.74) is 0.664. The van der Waals surface area contributed by atoms with Crippen molar-refractivity contribution in [2.24, 2.45) is 0 Å². The molecule has 0 saturated carbocycles. The maximum Gasteiger partial charge on any atom is 0.265 e. The van der Waals surface area contributed by atoms with Crippen molar-refractivity contribution in [2.75, 3.05) is 14.1 Å². The van der Waals surface area contributed by atoms with E-state index >= 15 is 0 Å². The van der Waals surface area contributed by atoms with Crippen molar-refractivity contribution in [1.82, 2.24) is 19.8 Å². The van der Waals surface area contributed by atoms with Crippen molar-refractivity contribution >= 4 is 23.3 Å². The first kappa shape index (κ1) is 13.6. The van der Waals surface area contributed by atoms with Crippen molar-refractivity contribution in [3.8, 4) is 0 Å². The van der Waals surface area contributed by atoms with E-state index in [-0.39, 0.29) is 11.8 Å². The summed E-state index contributed by atoms with van der Waals surface area (Å²) in [6, 6.07) is -0.552. The van der Waals surface area contributed by atoms with Crippen LogP contribution in [0.4, 0.5) is 0 Å². The summed E-state index contributed by atoms with van der Waals surface area (Å²) in [7, 11) is 3.30. The number of nitrogens with zero attached hydrogens (tertiary/aromatic N) is 3. The van der Waals surface area contributed by atoms with Gasteiger partial charge in [0.2, 0.25) is 5.91 Å². The Balaban J connectivity index is 2.70. The van der Waals surface area contributed by atoms with Crippen LogP contribution in [0, 0.1) is 0 Å². The molecule has 0 spiro atoms. The molecule has 94 valence electrons. The molecule has 0 unspecified atom stereocenters. The Morgan fingerprint density at radius 1 is 1.47 bits per heavy atom. The Labute approximate surface area is 104 Å². The van der Waals surface area contributed by atoms with Crippen LogP contribution in [0.15, 0.2) is 0 Å². The van der Waals surface area contributed by atoms with Gasteiger partial charge in [0.05, 0.1) is 5.69 Å². The molecule has 0 aliphatic heterocycles. The molecule has 0 radical (unpaired) electrons. The Bertz CT molecular complexity index is 416. The zero-order valence-electron chi connectivity index (χ0n) is 10.4. The largest absolute Gasteiger partial charge is 0.347 e. The molecular formula is C10H16N4O2S. The highest BCUT2D eigenvalue weighted by molar-refractivity contribution is 7.08. The van der Waals surface area contributed by atoms with E-state index in [0.717, 1.165) is 11.5 Å². The first-order valence-corrected chi connectivity index (χ1v) is 6.08. The van der Waals surface area contributed by atoms with Crippen LogP contribution in [0.25, 0.3) is 0 Å². The number of rotatable bonds is 4. The van der Waals surface area contributed by atoms with Gasteiger partial charge in [-0.05, 0) is 24.9 Å². The molecule has 17 heavy (non-hydrogen) atoms. The summed E-state index contributed by atoms with van der Waals surface area (Å²) in [6.07, 6.45) is 0.648. The minimum Gasteiger partial charge on any atom is -0.347 e. The number of hydrogen-bond donors (Lipinski definition) is 1. The van der Waals surface area contributed by atoms with Gasteiger partial charge in [0, 0.05) is 14.1 Å². The molecule has 6 nitrogen and oxygen atoms in total. The fourth-order valence-corrected chi connectivity index (χ4v) is 1.98. The molecule has 1 aromatic rings. The maximum absolute atomic E-state index is 11.9. The van der Waals surface area contributed by atoms with E-state index in [9.17, 15) is 9.59 Å². The van der Waals surface area contributed by atoms with Crippen LogP contribution in [0.3, 0.4) is 0 Å². The molecule has 0 aliphatic rings. The molecule has 1 aromatic heterocycles. The van der Waals surface area contributed by atoms with Crippen LogP contribution in [-0.2, 0) is 11.2 Å². The van der Waals surface area contributed by atoms with Crippen LogP contribution in [0.5, 0.6) is 0 Å². The van der Waals surface area contributed by atoms with Gasteiger partial charge in [0.15, 0.2) is 0 Å². The van der Waals surface area contributed by atoms with E-state index in [1.54, 1.807) is 21.0 Å². The number of aryl methyl sites for hydroxylation is 1. The smallest absolute Gasteiger partial charge is 0.265 e. The molecule has 1 atom stereocenters. The molecule has 0 aliphatic carbocycles. The minimum atomic E-state index is -0.552. The van der Waals surface area contributed by atoms with Gasteiger partial charge in [-0.3, -0.25) is 9.59 Å². The van der Waals surface area contributed by atoms with E-state index in [4.69, 9.17) is 0 Å². The number of carbonyl (C=O) groups excluding carboxylic acids is 2. The van der Waals surface area contributed by atoms with Crippen LogP contribution < -0.4 is 5.32 Å². The third-order valence-electron chi connectivity index (χ3n) is 2.26. The van der Waals surface area contributed by atoms with Gasteiger partial charge in [0.25, 0.3) is 5.91 Å². The third kappa shape index (κ3) is 3.23. The fourth-order valence-electron chi connectivity index (χ4n) is 1.32. The first-order chi connectivity index (χ1) is 7.97. The third-order valence-corrected chi connectivity index (χ3v) is 3.02. The Morgan fingerprint density at radius 3 is 2.65 bits per heavy atom. The summed E-state index contributed by atoms with van der Waals surface area (Å²) in [5.74, 6) is -0.437. The van der Waals surface area contributed by atoms with Crippen molar-refractivity contribution < 1.29 is 9.59 Å².